The lowest BCUT2D eigenvalue weighted by Crippen LogP contribution is -2.44. The minimum atomic E-state index is 0.0945. The quantitative estimate of drug-likeness (QED) is 0.195. The molecule has 3 aliphatic rings. The van der Waals surface area contributed by atoms with Gasteiger partial charge in [-0.25, -0.2) is 15.0 Å². The second-order valence-electron chi connectivity index (χ2n) is 11.4. The Morgan fingerprint density at radius 1 is 1.05 bits per heavy atom. The first-order chi connectivity index (χ1) is 19.4. The molecule has 0 spiro atoms. The van der Waals surface area contributed by atoms with Gasteiger partial charge in [-0.1, -0.05) is 12.8 Å². The number of amides is 1. The van der Waals surface area contributed by atoms with E-state index in [2.05, 4.69) is 25.1 Å². The highest BCUT2D eigenvalue weighted by molar-refractivity contribution is 7.99. The van der Waals surface area contributed by atoms with Crippen molar-refractivity contribution in [2.75, 3.05) is 36.4 Å². The van der Waals surface area contributed by atoms with E-state index in [1.807, 2.05) is 30.3 Å². The van der Waals surface area contributed by atoms with Gasteiger partial charge in [0.2, 0.25) is 5.91 Å². The number of nitrogens with zero attached hydrogens (tertiary/aromatic N) is 5. The van der Waals surface area contributed by atoms with Crippen molar-refractivity contribution >= 4 is 46.5 Å². The zero-order valence-electron chi connectivity index (χ0n) is 23.6. The Morgan fingerprint density at radius 2 is 1.75 bits per heavy atom. The third-order valence-electron chi connectivity index (χ3n) is 8.12. The van der Waals surface area contributed by atoms with E-state index < -0.39 is 0 Å². The van der Waals surface area contributed by atoms with E-state index in [0.29, 0.717) is 47.3 Å². The number of piperidine rings is 1. The first-order valence-corrected chi connectivity index (χ1v) is 15.6. The molecule has 40 heavy (non-hydrogen) atoms. The molecule has 0 atom stereocenters. The number of rotatable bonds is 10. The molecule has 1 saturated carbocycles. The van der Waals surface area contributed by atoms with E-state index in [0.717, 1.165) is 55.2 Å². The van der Waals surface area contributed by atoms with E-state index in [4.69, 9.17) is 16.1 Å². The van der Waals surface area contributed by atoms with Gasteiger partial charge in [-0.3, -0.25) is 4.79 Å². The maximum Gasteiger partial charge on any atom is 0.224 e. The normalized spacial score (nSPS) is 19.3. The predicted octanol–water partition coefficient (Wildman–Crippen LogP) is 5.63. The van der Waals surface area contributed by atoms with Crippen molar-refractivity contribution in [2.24, 2.45) is 16.6 Å². The van der Waals surface area contributed by atoms with E-state index in [-0.39, 0.29) is 5.91 Å². The van der Waals surface area contributed by atoms with Crippen LogP contribution in [0.1, 0.15) is 71.1 Å². The van der Waals surface area contributed by atoms with Crippen LogP contribution in [0.2, 0.25) is 0 Å². The Balaban J connectivity index is 1.27. The molecule has 2 saturated heterocycles. The first kappa shape index (κ1) is 28.5. The lowest BCUT2D eigenvalue weighted by atomic mass is 10.0. The number of anilines is 2. The Labute approximate surface area is 241 Å². The lowest BCUT2D eigenvalue weighted by molar-refractivity contribution is -0.117. The maximum absolute atomic E-state index is 12.4. The molecule has 1 aromatic heterocycles. The number of benzene rings is 1. The summed E-state index contributed by atoms with van der Waals surface area (Å²) in [5, 5.41) is 11.4. The van der Waals surface area contributed by atoms with Gasteiger partial charge in [0.1, 0.15) is 11.7 Å². The molecule has 3 fully saturated rings. The molecule has 5 rings (SSSR count). The van der Waals surface area contributed by atoms with Gasteiger partial charge < -0.3 is 26.3 Å². The van der Waals surface area contributed by atoms with Gasteiger partial charge in [0.15, 0.2) is 11.0 Å². The molecule has 2 aromatic rings. The number of hydrogen-bond donors (Lipinski definition) is 3. The van der Waals surface area contributed by atoms with Crippen molar-refractivity contribution in [3.8, 4) is 0 Å². The summed E-state index contributed by atoms with van der Waals surface area (Å²) in [6.07, 6.45) is 10.6. The van der Waals surface area contributed by atoms with Gasteiger partial charge in [-0.05, 0) is 100 Å². The molecule has 0 radical (unpaired) electrons. The maximum atomic E-state index is 12.4. The number of aromatic nitrogens is 2. The van der Waals surface area contributed by atoms with Crippen LogP contribution < -0.4 is 16.0 Å². The molecule has 4 N–H and O–H groups in total. The number of hydrogen-bond acceptors (Lipinski definition) is 8. The van der Waals surface area contributed by atoms with Crippen LogP contribution in [-0.2, 0) is 4.79 Å². The van der Waals surface area contributed by atoms with E-state index >= 15 is 0 Å². The Kier molecular flexibility index (Phi) is 9.70. The largest absolute Gasteiger partial charge is 0.387 e. The number of amidine groups is 1. The Morgan fingerprint density at radius 3 is 2.42 bits per heavy atom. The van der Waals surface area contributed by atoms with Crippen LogP contribution in [-0.4, -0.2) is 64.5 Å². The molecule has 0 unspecified atom stereocenters. The standard InChI is InChI=1S/C30H42N8OS/c1-21(31)18-26(32)34-27-20-28(38-16-12-24(13-17-38)37-14-4-5-15-37)36-30(35-27)40-25-10-8-23(9-11-25)33-29(39)19-22-6-2-3-7-22/h8-11,20,22,24,31H,2-7,12-19H2,1H3,(H,33,39)(H2,32,34,35,36). The highest BCUT2D eigenvalue weighted by atomic mass is 32.2. The Bertz CT molecular complexity index is 1200. The van der Waals surface area contributed by atoms with Crippen LogP contribution in [0, 0.1) is 11.3 Å². The van der Waals surface area contributed by atoms with Crippen LogP contribution in [0.15, 0.2) is 45.4 Å². The molecule has 1 aliphatic carbocycles. The smallest absolute Gasteiger partial charge is 0.224 e. The van der Waals surface area contributed by atoms with E-state index in [9.17, 15) is 4.79 Å². The van der Waals surface area contributed by atoms with Gasteiger partial charge in [0, 0.05) is 54.3 Å². The van der Waals surface area contributed by atoms with Gasteiger partial charge in [0.25, 0.3) is 0 Å². The number of likely N-dealkylation sites (tertiary alicyclic amines) is 1. The third kappa shape index (κ3) is 8.04. The van der Waals surface area contributed by atoms with Gasteiger partial charge in [0.05, 0.1) is 0 Å². The summed E-state index contributed by atoms with van der Waals surface area (Å²) in [5.41, 5.74) is 7.39. The molecule has 0 bridgehead atoms. The second-order valence-corrected chi connectivity index (χ2v) is 12.5. The molecule has 214 valence electrons. The highest BCUT2D eigenvalue weighted by Gasteiger charge is 2.27. The number of nitrogens with one attached hydrogen (secondary N) is 2. The van der Waals surface area contributed by atoms with Crippen molar-refractivity contribution in [2.45, 2.75) is 87.2 Å². The summed E-state index contributed by atoms with van der Waals surface area (Å²) < 4.78 is 0. The fourth-order valence-corrected chi connectivity index (χ4v) is 6.85. The van der Waals surface area contributed by atoms with E-state index in [1.165, 1.54) is 50.5 Å². The molecule has 1 amide bonds. The fourth-order valence-electron chi connectivity index (χ4n) is 6.09. The molecular weight excluding hydrogens is 520 g/mol. The molecular formula is C30H42N8OS. The van der Waals surface area contributed by atoms with Crippen LogP contribution in [0.25, 0.3) is 0 Å². The summed E-state index contributed by atoms with van der Waals surface area (Å²) in [7, 11) is 0. The average Bonchev–Trinajstić information content (AvgIpc) is 3.64. The zero-order valence-corrected chi connectivity index (χ0v) is 24.4. The molecule has 3 heterocycles. The number of carbonyl (C=O) groups is 1. The van der Waals surface area contributed by atoms with Gasteiger partial charge >= 0.3 is 0 Å². The second kappa shape index (κ2) is 13.6. The predicted molar refractivity (Wildman–Crippen MR) is 163 cm³/mol. The molecule has 1 aromatic carbocycles. The van der Waals surface area contributed by atoms with Crippen molar-refractivity contribution in [3.05, 3.63) is 30.3 Å². The Hall–Kier alpha value is -2.98. The molecule has 9 nitrogen and oxygen atoms in total. The summed E-state index contributed by atoms with van der Waals surface area (Å²) in [6, 6.07) is 10.4. The minimum absolute atomic E-state index is 0.0945. The van der Waals surface area contributed by atoms with Crippen molar-refractivity contribution in [3.63, 3.8) is 0 Å². The minimum Gasteiger partial charge on any atom is -0.387 e. The van der Waals surface area contributed by atoms with Crippen molar-refractivity contribution in [1.29, 1.82) is 5.41 Å². The van der Waals surface area contributed by atoms with Crippen molar-refractivity contribution in [1.82, 2.24) is 14.9 Å². The average molecular weight is 563 g/mol. The number of aliphatic imine (C=N–C) groups is 1. The molecule has 10 heteroatoms. The van der Waals surface area contributed by atoms with Gasteiger partial charge in [-0.15, -0.1) is 0 Å². The monoisotopic (exact) mass is 562 g/mol. The fraction of sp³-hybridized carbons (Fsp3) is 0.567. The summed E-state index contributed by atoms with van der Waals surface area (Å²) in [6.45, 7) is 6.09. The highest BCUT2D eigenvalue weighted by Crippen LogP contribution is 2.32. The lowest BCUT2D eigenvalue weighted by Gasteiger charge is -2.37. The summed E-state index contributed by atoms with van der Waals surface area (Å²) in [5.74, 6) is 2.38. The van der Waals surface area contributed by atoms with Crippen LogP contribution in [0.5, 0.6) is 0 Å². The summed E-state index contributed by atoms with van der Waals surface area (Å²) >= 11 is 1.47. The van der Waals surface area contributed by atoms with Gasteiger partial charge in [-0.2, -0.15) is 0 Å². The number of nitrogens with two attached hydrogens (primary N) is 1. The van der Waals surface area contributed by atoms with Crippen LogP contribution in [0.4, 0.5) is 17.3 Å². The van der Waals surface area contributed by atoms with Crippen LogP contribution in [0.3, 0.4) is 0 Å². The van der Waals surface area contributed by atoms with Crippen molar-refractivity contribution < 1.29 is 4.79 Å². The zero-order chi connectivity index (χ0) is 27.9. The van der Waals surface area contributed by atoms with E-state index in [1.54, 1.807) is 6.92 Å². The third-order valence-corrected chi connectivity index (χ3v) is 9.00. The SMILES string of the molecule is CC(=N)CC(N)=Nc1cc(N2CCC(N3CCCC3)CC2)nc(Sc2ccc(NC(=O)CC3CCCC3)cc2)n1. The molecule has 2 aliphatic heterocycles. The van der Waals surface area contributed by atoms with Crippen LogP contribution >= 0.6 is 11.8 Å². The summed E-state index contributed by atoms with van der Waals surface area (Å²) in [4.78, 5) is 32.5. The topological polar surface area (TPSA) is 124 Å². The first-order valence-electron chi connectivity index (χ1n) is 14.7. The number of carbonyl (C=O) groups excluding carboxylic acids is 1.